The number of amides is 1. The van der Waals surface area contributed by atoms with Gasteiger partial charge in [-0.05, 0) is 18.2 Å². The lowest BCUT2D eigenvalue weighted by Crippen LogP contribution is -2.18. The Labute approximate surface area is 165 Å². The molecule has 29 heavy (non-hydrogen) atoms. The molecule has 10 nitrogen and oxygen atoms in total. The quantitative estimate of drug-likeness (QED) is 0.507. The van der Waals surface area contributed by atoms with E-state index in [2.05, 4.69) is 15.1 Å². The van der Waals surface area contributed by atoms with Crippen molar-refractivity contribution >= 4 is 16.8 Å². The topological polar surface area (TPSA) is 130 Å². The fourth-order valence-corrected chi connectivity index (χ4v) is 3.03. The molecule has 0 aliphatic heterocycles. The Kier molecular flexibility index (Phi) is 4.51. The normalized spacial score (nSPS) is 11.0. The summed E-state index contributed by atoms with van der Waals surface area (Å²) >= 11 is 0. The fraction of sp³-hybridized carbons (Fsp3) is 0.158. The van der Waals surface area contributed by atoms with Gasteiger partial charge in [0.25, 0.3) is 5.88 Å². The van der Waals surface area contributed by atoms with Crippen LogP contribution in [-0.4, -0.2) is 49.5 Å². The summed E-state index contributed by atoms with van der Waals surface area (Å²) in [7, 11) is 3.06. The molecule has 148 valence electrons. The zero-order valence-electron chi connectivity index (χ0n) is 15.7. The van der Waals surface area contributed by atoms with Gasteiger partial charge in [0.1, 0.15) is 6.54 Å². The van der Waals surface area contributed by atoms with Crippen molar-refractivity contribution < 1.29 is 19.4 Å². The molecule has 0 spiro atoms. The minimum absolute atomic E-state index is 0.0168. The molecule has 0 atom stereocenters. The number of aromatic nitrogens is 5. The van der Waals surface area contributed by atoms with Crippen LogP contribution in [0.25, 0.3) is 27.8 Å². The lowest BCUT2D eigenvalue weighted by Gasteiger charge is -2.08. The number of aromatic hydroxyl groups is 1. The molecular weight excluding hydrogens is 376 g/mol. The Morgan fingerprint density at radius 3 is 2.76 bits per heavy atom. The summed E-state index contributed by atoms with van der Waals surface area (Å²) in [6.45, 7) is -0.0454. The van der Waals surface area contributed by atoms with E-state index in [1.54, 1.807) is 41.4 Å². The van der Waals surface area contributed by atoms with Crippen molar-refractivity contribution in [1.82, 2.24) is 24.3 Å². The van der Waals surface area contributed by atoms with Crippen LogP contribution in [0.4, 0.5) is 0 Å². The van der Waals surface area contributed by atoms with Gasteiger partial charge in [0.05, 0.1) is 42.7 Å². The molecule has 3 N–H and O–H groups in total. The van der Waals surface area contributed by atoms with Crippen LogP contribution in [0.15, 0.2) is 43.0 Å². The molecule has 0 fully saturated rings. The van der Waals surface area contributed by atoms with E-state index in [-0.39, 0.29) is 12.4 Å². The molecular formula is C19H18N6O4. The van der Waals surface area contributed by atoms with Gasteiger partial charge in [-0.1, -0.05) is 0 Å². The van der Waals surface area contributed by atoms with Crippen molar-refractivity contribution in [3.05, 3.63) is 43.0 Å². The number of carbonyl (C=O) groups is 1. The number of pyridine rings is 2. The molecule has 10 heteroatoms. The van der Waals surface area contributed by atoms with Crippen molar-refractivity contribution in [3.63, 3.8) is 0 Å². The smallest absolute Gasteiger partial charge is 0.256 e. The third kappa shape index (κ3) is 3.31. The first kappa shape index (κ1) is 18.3. The van der Waals surface area contributed by atoms with Gasteiger partial charge in [-0.3, -0.25) is 14.0 Å². The highest BCUT2D eigenvalue weighted by Crippen LogP contribution is 2.33. The molecule has 0 radical (unpaired) electrons. The van der Waals surface area contributed by atoms with Gasteiger partial charge >= 0.3 is 0 Å². The number of fused-ring (bicyclic) bond motifs is 1. The second-order valence-corrected chi connectivity index (χ2v) is 6.25. The standard InChI is InChI=1S/C19H18N6O4/c1-28-16-5-11(6-21-18(16)29-2)14-4-3-13-15(23-14)9-25(19(13)27)12-7-22-24(8-12)10-17(20)26/h3-9,27H,10H2,1-2H3,(H2,20,26). The highest BCUT2D eigenvalue weighted by atomic mass is 16.5. The summed E-state index contributed by atoms with van der Waals surface area (Å²) in [5.74, 6) is 0.391. The van der Waals surface area contributed by atoms with Gasteiger partial charge in [-0.2, -0.15) is 5.10 Å². The van der Waals surface area contributed by atoms with Crippen molar-refractivity contribution in [2.45, 2.75) is 6.54 Å². The predicted molar refractivity (Wildman–Crippen MR) is 104 cm³/mol. The van der Waals surface area contributed by atoms with Crippen LogP contribution in [0.2, 0.25) is 0 Å². The first-order valence-electron chi connectivity index (χ1n) is 8.60. The van der Waals surface area contributed by atoms with Crippen LogP contribution in [0.1, 0.15) is 0 Å². The number of hydrogen-bond donors (Lipinski definition) is 2. The Morgan fingerprint density at radius 2 is 2.03 bits per heavy atom. The predicted octanol–water partition coefficient (Wildman–Crippen LogP) is 1.49. The molecule has 4 aromatic rings. The summed E-state index contributed by atoms with van der Waals surface area (Å²) in [6.07, 6.45) is 6.47. The van der Waals surface area contributed by atoms with Gasteiger partial charge in [0.15, 0.2) is 5.75 Å². The summed E-state index contributed by atoms with van der Waals surface area (Å²) in [5, 5.41) is 15.2. The largest absolute Gasteiger partial charge is 0.494 e. The number of ether oxygens (including phenoxy) is 2. The zero-order valence-corrected chi connectivity index (χ0v) is 15.7. The maximum Gasteiger partial charge on any atom is 0.256 e. The molecule has 4 heterocycles. The van der Waals surface area contributed by atoms with E-state index >= 15 is 0 Å². The maximum absolute atomic E-state index is 11.1. The molecule has 4 aromatic heterocycles. The van der Waals surface area contributed by atoms with Crippen LogP contribution >= 0.6 is 0 Å². The molecule has 4 rings (SSSR count). The Balaban J connectivity index is 1.74. The second-order valence-electron chi connectivity index (χ2n) is 6.25. The van der Waals surface area contributed by atoms with Crippen LogP contribution in [-0.2, 0) is 11.3 Å². The van der Waals surface area contributed by atoms with Crippen molar-refractivity contribution in [3.8, 4) is 34.5 Å². The van der Waals surface area contributed by atoms with E-state index in [0.717, 1.165) is 5.56 Å². The van der Waals surface area contributed by atoms with E-state index in [1.165, 1.54) is 25.1 Å². The van der Waals surface area contributed by atoms with Gasteiger partial charge in [-0.25, -0.2) is 9.97 Å². The third-order valence-corrected chi connectivity index (χ3v) is 4.39. The minimum Gasteiger partial charge on any atom is -0.494 e. The summed E-state index contributed by atoms with van der Waals surface area (Å²) in [4.78, 5) is 19.9. The molecule has 0 unspecified atom stereocenters. The maximum atomic E-state index is 11.1. The lowest BCUT2D eigenvalue weighted by atomic mass is 10.1. The van der Waals surface area contributed by atoms with Crippen LogP contribution in [0, 0.1) is 0 Å². The molecule has 0 aliphatic rings. The molecule has 0 aliphatic carbocycles. The Morgan fingerprint density at radius 1 is 1.21 bits per heavy atom. The molecule has 0 aromatic carbocycles. The van der Waals surface area contributed by atoms with Crippen molar-refractivity contribution in [1.29, 1.82) is 0 Å². The SMILES string of the molecule is COc1cc(-c2ccc3c(O)n(-c4cnn(CC(N)=O)c4)cc3n2)cnc1OC. The number of methoxy groups -OCH3 is 2. The monoisotopic (exact) mass is 394 g/mol. The third-order valence-electron chi connectivity index (χ3n) is 4.39. The lowest BCUT2D eigenvalue weighted by molar-refractivity contribution is -0.118. The van der Waals surface area contributed by atoms with Gasteiger partial charge in [0, 0.05) is 24.2 Å². The number of hydrogen-bond acceptors (Lipinski definition) is 7. The van der Waals surface area contributed by atoms with E-state index in [9.17, 15) is 9.90 Å². The molecule has 1 amide bonds. The van der Waals surface area contributed by atoms with E-state index < -0.39 is 5.91 Å². The van der Waals surface area contributed by atoms with Crippen molar-refractivity contribution in [2.24, 2.45) is 5.73 Å². The van der Waals surface area contributed by atoms with Gasteiger partial charge < -0.3 is 20.3 Å². The summed E-state index contributed by atoms with van der Waals surface area (Å²) < 4.78 is 13.4. The first-order valence-corrected chi connectivity index (χ1v) is 8.60. The highest BCUT2D eigenvalue weighted by Gasteiger charge is 2.15. The first-order chi connectivity index (χ1) is 14.0. The Hall–Kier alpha value is -4.08. The molecule has 0 saturated heterocycles. The molecule has 0 saturated carbocycles. The number of nitrogens with two attached hydrogens (primary N) is 1. The van der Waals surface area contributed by atoms with E-state index in [1.807, 2.05) is 0 Å². The summed E-state index contributed by atoms with van der Waals surface area (Å²) in [5.41, 5.74) is 7.75. The number of carbonyl (C=O) groups excluding carboxylic acids is 1. The molecule has 0 bridgehead atoms. The van der Waals surface area contributed by atoms with Crippen molar-refractivity contribution in [2.75, 3.05) is 14.2 Å². The number of nitrogens with zero attached hydrogens (tertiary/aromatic N) is 5. The van der Waals surface area contributed by atoms with E-state index in [0.29, 0.717) is 33.9 Å². The van der Waals surface area contributed by atoms with Crippen LogP contribution in [0.3, 0.4) is 0 Å². The van der Waals surface area contributed by atoms with Crippen LogP contribution in [0.5, 0.6) is 17.5 Å². The van der Waals surface area contributed by atoms with Gasteiger partial charge in [-0.15, -0.1) is 0 Å². The minimum atomic E-state index is -0.503. The Bertz CT molecular complexity index is 1210. The van der Waals surface area contributed by atoms with Gasteiger partial charge in [0.2, 0.25) is 11.8 Å². The second kappa shape index (κ2) is 7.15. The summed E-state index contributed by atoms with van der Waals surface area (Å²) in [6, 6.07) is 5.34. The van der Waals surface area contributed by atoms with Crippen LogP contribution < -0.4 is 15.2 Å². The average molecular weight is 394 g/mol. The fourth-order valence-electron chi connectivity index (χ4n) is 3.03. The van der Waals surface area contributed by atoms with E-state index in [4.69, 9.17) is 15.2 Å². The number of rotatable bonds is 6. The average Bonchev–Trinajstić information content (AvgIpc) is 3.30. The zero-order chi connectivity index (χ0) is 20.5. The number of primary amides is 1. The highest BCUT2D eigenvalue weighted by molar-refractivity contribution is 5.87.